The number of nitrogens with zero attached hydrogens (tertiary/aromatic N) is 4. The fraction of sp³-hybridized carbons (Fsp3) is 0.389. The van der Waals surface area contributed by atoms with Crippen LogP contribution in [0.1, 0.15) is 48.8 Å². The summed E-state index contributed by atoms with van der Waals surface area (Å²) in [4.78, 5) is 18.9. The molecule has 0 radical (unpaired) electrons. The molecule has 0 aliphatic rings. The molecule has 0 spiro atoms. The maximum absolute atomic E-state index is 12.8. The molecule has 3 aromatic rings. The minimum atomic E-state index is -0.0932. The molecule has 0 fully saturated rings. The number of aryl methyl sites for hydroxylation is 2. The molecule has 1 aromatic carbocycles. The van der Waals surface area contributed by atoms with Gasteiger partial charge in [-0.1, -0.05) is 13.8 Å². The Labute approximate surface area is 141 Å². The summed E-state index contributed by atoms with van der Waals surface area (Å²) >= 11 is 0. The van der Waals surface area contributed by atoms with Gasteiger partial charge >= 0.3 is 0 Å². The van der Waals surface area contributed by atoms with Crippen molar-refractivity contribution in [1.82, 2.24) is 14.8 Å². The molecule has 1 amide bonds. The Balaban J connectivity index is 1.95. The second-order valence-electron chi connectivity index (χ2n) is 6.21. The highest BCUT2D eigenvalue weighted by atomic mass is 16.3. The van der Waals surface area contributed by atoms with Gasteiger partial charge in [-0.3, -0.25) is 9.48 Å². The topological polar surface area (TPSA) is 64.2 Å². The number of anilines is 1. The van der Waals surface area contributed by atoms with E-state index in [0.717, 1.165) is 22.5 Å². The van der Waals surface area contributed by atoms with E-state index in [2.05, 4.69) is 10.1 Å². The molecule has 0 atom stereocenters. The molecular weight excluding hydrogens is 304 g/mol. The quantitative estimate of drug-likeness (QED) is 0.732. The van der Waals surface area contributed by atoms with Crippen molar-refractivity contribution in [2.45, 2.75) is 40.2 Å². The molecule has 0 saturated carbocycles. The van der Waals surface area contributed by atoms with Gasteiger partial charge in [0, 0.05) is 25.2 Å². The van der Waals surface area contributed by atoms with Crippen molar-refractivity contribution in [2.24, 2.45) is 0 Å². The number of hydrogen-bond acceptors (Lipinski definition) is 4. The summed E-state index contributed by atoms with van der Waals surface area (Å²) in [6, 6.07) is 7.42. The summed E-state index contributed by atoms with van der Waals surface area (Å²) in [6.07, 6.45) is 0. The Kier molecular flexibility index (Phi) is 4.13. The van der Waals surface area contributed by atoms with E-state index in [4.69, 9.17) is 4.42 Å². The molecule has 0 aliphatic carbocycles. The van der Waals surface area contributed by atoms with Crippen LogP contribution in [-0.2, 0) is 6.54 Å². The molecule has 0 unspecified atom stereocenters. The third-order valence-corrected chi connectivity index (χ3v) is 3.99. The van der Waals surface area contributed by atoms with Crippen molar-refractivity contribution in [1.29, 1.82) is 0 Å². The summed E-state index contributed by atoms with van der Waals surface area (Å²) in [5, 5.41) is 4.34. The standard InChI is InChI=1S/C18H22N4O2/c1-6-22-15(9-12(4)20-22)18(23)21(5)13-7-8-16-14(10-13)19-17(24-16)11(2)3/h7-11H,6H2,1-5H3. The number of aromatic nitrogens is 3. The molecule has 24 heavy (non-hydrogen) atoms. The average Bonchev–Trinajstić information content (AvgIpc) is 3.15. The van der Waals surface area contributed by atoms with Gasteiger partial charge in [0.05, 0.1) is 5.69 Å². The predicted molar refractivity (Wildman–Crippen MR) is 93.5 cm³/mol. The Morgan fingerprint density at radius 3 is 2.75 bits per heavy atom. The number of fused-ring (bicyclic) bond motifs is 1. The SMILES string of the molecule is CCn1nc(C)cc1C(=O)N(C)c1ccc2oc(C(C)C)nc2c1. The van der Waals surface area contributed by atoms with Gasteiger partial charge in [0.25, 0.3) is 5.91 Å². The van der Waals surface area contributed by atoms with Crippen LogP contribution >= 0.6 is 0 Å². The van der Waals surface area contributed by atoms with Gasteiger partial charge < -0.3 is 9.32 Å². The lowest BCUT2D eigenvalue weighted by atomic mass is 10.2. The first-order chi connectivity index (χ1) is 11.4. The minimum absolute atomic E-state index is 0.0932. The van der Waals surface area contributed by atoms with Gasteiger partial charge in [-0.15, -0.1) is 0 Å². The van der Waals surface area contributed by atoms with E-state index in [1.54, 1.807) is 16.6 Å². The number of rotatable bonds is 4. The van der Waals surface area contributed by atoms with Crippen molar-refractivity contribution >= 4 is 22.7 Å². The zero-order chi connectivity index (χ0) is 17.4. The molecule has 6 heteroatoms. The van der Waals surface area contributed by atoms with E-state index in [1.165, 1.54) is 0 Å². The van der Waals surface area contributed by atoms with Crippen molar-refractivity contribution < 1.29 is 9.21 Å². The molecule has 2 heterocycles. The van der Waals surface area contributed by atoms with Crippen LogP contribution in [0.2, 0.25) is 0 Å². The smallest absolute Gasteiger partial charge is 0.276 e. The highest BCUT2D eigenvalue weighted by molar-refractivity contribution is 6.05. The summed E-state index contributed by atoms with van der Waals surface area (Å²) < 4.78 is 7.44. The monoisotopic (exact) mass is 326 g/mol. The van der Waals surface area contributed by atoms with Crippen molar-refractivity contribution in [3.63, 3.8) is 0 Å². The maximum Gasteiger partial charge on any atom is 0.276 e. The van der Waals surface area contributed by atoms with Gasteiger partial charge in [-0.25, -0.2) is 4.98 Å². The van der Waals surface area contributed by atoms with Crippen LogP contribution in [0, 0.1) is 6.92 Å². The van der Waals surface area contributed by atoms with Crippen LogP contribution in [0.15, 0.2) is 28.7 Å². The molecule has 0 saturated heterocycles. The lowest BCUT2D eigenvalue weighted by molar-refractivity contribution is 0.0983. The van der Waals surface area contributed by atoms with Gasteiger partial charge in [0.1, 0.15) is 11.2 Å². The second-order valence-corrected chi connectivity index (χ2v) is 6.21. The van der Waals surface area contributed by atoms with E-state index in [0.29, 0.717) is 18.1 Å². The molecule has 126 valence electrons. The highest BCUT2D eigenvalue weighted by Crippen LogP contribution is 2.26. The maximum atomic E-state index is 12.8. The van der Waals surface area contributed by atoms with E-state index in [9.17, 15) is 4.79 Å². The first kappa shape index (κ1) is 16.2. The Hall–Kier alpha value is -2.63. The van der Waals surface area contributed by atoms with Crippen LogP contribution in [-0.4, -0.2) is 27.7 Å². The summed E-state index contributed by atoms with van der Waals surface area (Å²) in [6.45, 7) is 8.59. The summed E-state index contributed by atoms with van der Waals surface area (Å²) in [5.74, 6) is 0.835. The number of carbonyl (C=O) groups is 1. The molecule has 0 aliphatic heterocycles. The van der Waals surface area contributed by atoms with Crippen molar-refractivity contribution in [2.75, 3.05) is 11.9 Å². The van der Waals surface area contributed by atoms with Gasteiger partial charge in [-0.05, 0) is 38.1 Å². The van der Waals surface area contributed by atoms with Gasteiger partial charge in [0.2, 0.25) is 0 Å². The number of hydrogen-bond donors (Lipinski definition) is 0. The number of benzene rings is 1. The fourth-order valence-electron chi connectivity index (χ4n) is 2.64. The van der Waals surface area contributed by atoms with Crippen LogP contribution in [0.3, 0.4) is 0 Å². The van der Waals surface area contributed by atoms with Crippen LogP contribution in [0.25, 0.3) is 11.1 Å². The number of amides is 1. The molecule has 0 N–H and O–H groups in total. The molecule has 6 nitrogen and oxygen atoms in total. The van der Waals surface area contributed by atoms with E-state index < -0.39 is 0 Å². The second kappa shape index (κ2) is 6.11. The average molecular weight is 326 g/mol. The van der Waals surface area contributed by atoms with Crippen LogP contribution < -0.4 is 4.90 Å². The first-order valence-electron chi connectivity index (χ1n) is 8.13. The zero-order valence-corrected chi connectivity index (χ0v) is 14.7. The largest absolute Gasteiger partial charge is 0.440 e. The third-order valence-electron chi connectivity index (χ3n) is 3.99. The molecule has 2 aromatic heterocycles. The van der Waals surface area contributed by atoms with Crippen molar-refractivity contribution in [3.05, 3.63) is 41.5 Å². The Morgan fingerprint density at radius 1 is 1.33 bits per heavy atom. The van der Waals surface area contributed by atoms with E-state index >= 15 is 0 Å². The van der Waals surface area contributed by atoms with E-state index in [1.807, 2.05) is 52.0 Å². The third kappa shape index (κ3) is 2.79. The zero-order valence-electron chi connectivity index (χ0n) is 14.7. The van der Waals surface area contributed by atoms with Crippen LogP contribution in [0.5, 0.6) is 0 Å². The predicted octanol–water partition coefficient (Wildman–Crippen LogP) is 3.75. The molecule has 3 rings (SSSR count). The number of oxazole rings is 1. The van der Waals surface area contributed by atoms with E-state index in [-0.39, 0.29) is 11.8 Å². The van der Waals surface area contributed by atoms with Crippen molar-refractivity contribution in [3.8, 4) is 0 Å². The highest BCUT2D eigenvalue weighted by Gasteiger charge is 2.20. The number of carbonyl (C=O) groups excluding carboxylic acids is 1. The Bertz CT molecular complexity index is 892. The fourth-order valence-corrected chi connectivity index (χ4v) is 2.64. The minimum Gasteiger partial charge on any atom is -0.440 e. The Morgan fingerprint density at radius 2 is 2.08 bits per heavy atom. The molecule has 0 bridgehead atoms. The van der Waals surface area contributed by atoms with Gasteiger partial charge in [0.15, 0.2) is 11.5 Å². The summed E-state index contributed by atoms with van der Waals surface area (Å²) in [5.41, 5.74) is 3.69. The first-order valence-corrected chi connectivity index (χ1v) is 8.13. The van der Waals surface area contributed by atoms with Gasteiger partial charge in [-0.2, -0.15) is 5.10 Å². The lowest BCUT2D eigenvalue weighted by Gasteiger charge is -2.17. The summed E-state index contributed by atoms with van der Waals surface area (Å²) in [7, 11) is 1.76. The van der Waals surface area contributed by atoms with Crippen LogP contribution in [0.4, 0.5) is 5.69 Å². The normalized spacial score (nSPS) is 11.4. The lowest BCUT2D eigenvalue weighted by Crippen LogP contribution is -2.28. The molecular formula is C18H22N4O2.